The lowest BCUT2D eigenvalue weighted by atomic mass is 9.95. The van der Waals surface area contributed by atoms with E-state index in [0.717, 1.165) is 18.4 Å². The predicted octanol–water partition coefficient (Wildman–Crippen LogP) is 2.95. The van der Waals surface area contributed by atoms with Crippen LogP contribution in [0.4, 0.5) is 5.69 Å². The Hall–Kier alpha value is -1.46. The van der Waals surface area contributed by atoms with Crippen LogP contribution in [-0.2, 0) is 9.47 Å². The number of fused-ring (bicyclic) bond motifs is 1. The summed E-state index contributed by atoms with van der Waals surface area (Å²) in [5.74, 6) is 0. The standard InChI is InChI=1S/C13H15NO4/c15-14(16)10-5-3-4-9(8-10)13-17-11-6-1-2-7-12(11)18-13/h3-5,8,11-13H,1-2,6-7H2/t11-,12-/m1/s1. The number of nitro groups is 1. The fraction of sp³-hybridized carbons (Fsp3) is 0.538. The highest BCUT2D eigenvalue weighted by molar-refractivity contribution is 5.35. The van der Waals surface area contributed by atoms with Crippen LogP contribution >= 0.6 is 0 Å². The van der Waals surface area contributed by atoms with Gasteiger partial charge in [-0.2, -0.15) is 0 Å². The summed E-state index contributed by atoms with van der Waals surface area (Å²) in [6.07, 6.45) is 4.26. The molecule has 1 aromatic carbocycles. The van der Waals surface area contributed by atoms with E-state index in [1.54, 1.807) is 6.07 Å². The number of hydrogen-bond donors (Lipinski definition) is 0. The predicted molar refractivity (Wildman–Crippen MR) is 64.1 cm³/mol. The molecule has 0 unspecified atom stereocenters. The Kier molecular flexibility index (Phi) is 3.01. The molecule has 1 aromatic rings. The molecule has 0 amide bonds. The molecule has 2 atom stereocenters. The van der Waals surface area contributed by atoms with Crippen molar-refractivity contribution in [2.75, 3.05) is 0 Å². The number of benzene rings is 1. The molecular weight excluding hydrogens is 234 g/mol. The Bertz CT molecular complexity index is 448. The molecule has 5 heteroatoms. The molecule has 0 aromatic heterocycles. The molecule has 18 heavy (non-hydrogen) atoms. The Labute approximate surface area is 105 Å². The van der Waals surface area contributed by atoms with Crippen molar-refractivity contribution in [2.45, 2.75) is 44.2 Å². The van der Waals surface area contributed by atoms with Gasteiger partial charge in [0.05, 0.1) is 17.1 Å². The van der Waals surface area contributed by atoms with E-state index in [1.165, 1.54) is 25.0 Å². The van der Waals surface area contributed by atoms with Crippen molar-refractivity contribution in [3.8, 4) is 0 Å². The van der Waals surface area contributed by atoms with Crippen molar-refractivity contribution in [2.24, 2.45) is 0 Å². The van der Waals surface area contributed by atoms with E-state index in [0.29, 0.717) is 0 Å². The lowest BCUT2D eigenvalue weighted by Crippen LogP contribution is -2.25. The molecule has 0 N–H and O–H groups in total. The summed E-state index contributed by atoms with van der Waals surface area (Å²) in [6.45, 7) is 0. The smallest absolute Gasteiger partial charge is 0.269 e. The molecular formula is C13H15NO4. The van der Waals surface area contributed by atoms with Crippen LogP contribution < -0.4 is 0 Å². The average Bonchev–Trinajstić information content (AvgIpc) is 2.82. The molecule has 1 aliphatic carbocycles. The highest BCUT2D eigenvalue weighted by atomic mass is 16.7. The zero-order valence-corrected chi connectivity index (χ0v) is 9.95. The summed E-state index contributed by atoms with van der Waals surface area (Å²) in [4.78, 5) is 10.3. The zero-order valence-electron chi connectivity index (χ0n) is 9.95. The number of nitro benzene ring substituents is 1. The van der Waals surface area contributed by atoms with E-state index in [-0.39, 0.29) is 17.9 Å². The summed E-state index contributed by atoms with van der Waals surface area (Å²) in [5, 5.41) is 10.7. The molecule has 3 rings (SSSR count). The molecule has 1 saturated heterocycles. The first-order chi connectivity index (χ1) is 8.74. The van der Waals surface area contributed by atoms with Crippen molar-refractivity contribution in [3.05, 3.63) is 39.9 Å². The third kappa shape index (κ3) is 2.11. The number of rotatable bonds is 2. The number of non-ortho nitro benzene ring substituents is 1. The maximum Gasteiger partial charge on any atom is 0.269 e. The average molecular weight is 249 g/mol. The Morgan fingerprint density at radius 1 is 1.17 bits per heavy atom. The van der Waals surface area contributed by atoms with Crippen LogP contribution in [0, 0.1) is 10.1 Å². The fourth-order valence-corrected chi connectivity index (χ4v) is 2.67. The molecule has 1 saturated carbocycles. The molecule has 1 aliphatic heterocycles. The second-order valence-electron chi connectivity index (χ2n) is 4.82. The van der Waals surface area contributed by atoms with Crippen molar-refractivity contribution in [3.63, 3.8) is 0 Å². The van der Waals surface area contributed by atoms with Gasteiger partial charge in [-0.15, -0.1) is 0 Å². The Morgan fingerprint density at radius 2 is 1.83 bits per heavy atom. The van der Waals surface area contributed by atoms with Gasteiger partial charge in [0.1, 0.15) is 0 Å². The third-order valence-electron chi connectivity index (χ3n) is 3.59. The molecule has 0 spiro atoms. The quantitative estimate of drug-likeness (QED) is 0.597. The second-order valence-corrected chi connectivity index (χ2v) is 4.82. The maximum absolute atomic E-state index is 10.7. The van der Waals surface area contributed by atoms with Gasteiger partial charge in [0, 0.05) is 17.7 Å². The summed E-state index contributed by atoms with van der Waals surface area (Å²) in [6, 6.07) is 6.49. The van der Waals surface area contributed by atoms with Crippen LogP contribution in [-0.4, -0.2) is 17.1 Å². The minimum atomic E-state index is -0.446. The topological polar surface area (TPSA) is 61.6 Å². The molecule has 5 nitrogen and oxygen atoms in total. The normalized spacial score (nSPS) is 28.0. The number of nitrogens with zero attached hydrogens (tertiary/aromatic N) is 1. The van der Waals surface area contributed by atoms with Gasteiger partial charge < -0.3 is 9.47 Å². The zero-order chi connectivity index (χ0) is 12.5. The maximum atomic E-state index is 10.7. The molecule has 0 bridgehead atoms. The second kappa shape index (κ2) is 4.66. The van der Waals surface area contributed by atoms with E-state index in [1.807, 2.05) is 6.07 Å². The minimum Gasteiger partial charge on any atom is -0.342 e. The summed E-state index contributed by atoms with van der Waals surface area (Å²) in [5.41, 5.74) is 0.813. The number of ether oxygens (including phenoxy) is 2. The van der Waals surface area contributed by atoms with E-state index in [9.17, 15) is 10.1 Å². The fourth-order valence-electron chi connectivity index (χ4n) is 2.67. The molecule has 2 fully saturated rings. The van der Waals surface area contributed by atoms with Gasteiger partial charge in [-0.05, 0) is 12.8 Å². The van der Waals surface area contributed by atoms with Crippen molar-refractivity contribution in [1.29, 1.82) is 0 Å². The van der Waals surface area contributed by atoms with E-state index < -0.39 is 11.2 Å². The van der Waals surface area contributed by atoms with Crippen molar-refractivity contribution in [1.82, 2.24) is 0 Å². The SMILES string of the molecule is O=[N+]([O-])c1cccc(C2O[C@@H]3CCCC[C@H]3O2)c1. The van der Waals surface area contributed by atoms with Crippen molar-refractivity contribution >= 4 is 5.69 Å². The van der Waals surface area contributed by atoms with E-state index >= 15 is 0 Å². The largest absolute Gasteiger partial charge is 0.342 e. The minimum absolute atomic E-state index is 0.0783. The molecule has 1 heterocycles. The summed E-state index contributed by atoms with van der Waals surface area (Å²) in [7, 11) is 0. The van der Waals surface area contributed by atoms with Crippen molar-refractivity contribution < 1.29 is 14.4 Å². The van der Waals surface area contributed by atoms with Gasteiger partial charge in [0.15, 0.2) is 6.29 Å². The Balaban J connectivity index is 1.79. The van der Waals surface area contributed by atoms with Crippen LogP contribution in [0.5, 0.6) is 0 Å². The van der Waals surface area contributed by atoms with Crippen LogP contribution in [0.1, 0.15) is 37.5 Å². The van der Waals surface area contributed by atoms with Crippen LogP contribution in [0.2, 0.25) is 0 Å². The molecule has 96 valence electrons. The highest BCUT2D eigenvalue weighted by Gasteiger charge is 2.38. The van der Waals surface area contributed by atoms with Gasteiger partial charge in [-0.1, -0.05) is 25.0 Å². The van der Waals surface area contributed by atoms with Gasteiger partial charge in [-0.3, -0.25) is 10.1 Å². The summed E-state index contributed by atoms with van der Waals surface area (Å²) < 4.78 is 11.7. The van der Waals surface area contributed by atoms with Crippen LogP contribution in [0.15, 0.2) is 24.3 Å². The molecule has 2 aliphatic rings. The first-order valence-corrected chi connectivity index (χ1v) is 6.29. The molecule has 0 radical (unpaired) electrons. The van der Waals surface area contributed by atoms with E-state index in [2.05, 4.69) is 0 Å². The van der Waals surface area contributed by atoms with Crippen LogP contribution in [0.3, 0.4) is 0 Å². The lowest BCUT2D eigenvalue weighted by molar-refractivity contribution is -0.385. The van der Waals surface area contributed by atoms with E-state index in [4.69, 9.17) is 9.47 Å². The van der Waals surface area contributed by atoms with Gasteiger partial charge in [-0.25, -0.2) is 0 Å². The monoisotopic (exact) mass is 249 g/mol. The van der Waals surface area contributed by atoms with Gasteiger partial charge >= 0.3 is 0 Å². The van der Waals surface area contributed by atoms with Crippen LogP contribution in [0.25, 0.3) is 0 Å². The number of hydrogen-bond acceptors (Lipinski definition) is 4. The highest BCUT2D eigenvalue weighted by Crippen LogP contribution is 2.38. The van der Waals surface area contributed by atoms with Gasteiger partial charge in [0.25, 0.3) is 5.69 Å². The first kappa shape index (κ1) is 11.6. The Morgan fingerprint density at radius 3 is 2.44 bits per heavy atom. The first-order valence-electron chi connectivity index (χ1n) is 6.29. The van der Waals surface area contributed by atoms with Gasteiger partial charge in [0.2, 0.25) is 0 Å². The third-order valence-corrected chi connectivity index (χ3v) is 3.59. The summed E-state index contributed by atoms with van der Waals surface area (Å²) >= 11 is 0. The lowest BCUT2D eigenvalue weighted by Gasteiger charge is -2.21.